The summed E-state index contributed by atoms with van der Waals surface area (Å²) in [6.07, 6.45) is 2.01. The zero-order valence-corrected chi connectivity index (χ0v) is 14.6. The summed E-state index contributed by atoms with van der Waals surface area (Å²) in [6.45, 7) is 3.30. The van der Waals surface area contributed by atoms with E-state index in [9.17, 15) is 14.7 Å². The number of hydrogen-bond donors (Lipinski definition) is 1. The molecule has 2 saturated heterocycles. The van der Waals surface area contributed by atoms with E-state index in [1.807, 2.05) is 37.3 Å². The molecule has 1 N–H and O–H groups in total. The maximum absolute atomic E-state index is 13.1. The lowest BCUT2D eigenvalue weighted by atomic mass is 9.74. The summed E-state index contributed by atoms with van der Waals surface area (Å²) >= 11 is 0. The number of carbonyl (C=O) groups excluding carboxylic acids is 1. The number of aromatic nitrogens is 2. The molecule has 7 nitrogen and oxygen atoms in total. The third-order valence-corrected chi connectivity index (χ3v) is 5.66. The number of para-hydroxylation sites is 1. The second-order valence-electron chi connectivity index (χ2n) is 7.06. The van der Waals surface area contributed by atoms with E-state index >= 15 is 0 Å². The minimum absolute atomic E-state index is 0.165. The van der Waals surface area contributed by atoms with E-state index in [2.05, 4.69) is 5.10 Å². The van der Waals surface area contributed by atoms with Gasteiger partial charge in [0, 0.05) is 25.6 Å². The smallest absolute Gasteiger partial charge is 0.311 e. The van der Waals surface area contributed by atoms with Crippen molar-refractivity contribution >= 4 is 11.9 Å². The van der Waals surface area contributed by atoms with E-state index in [0.717, 1.165) is 11.4 Å². The van der Waals surface area contributed by atoms with Crippen LogP contribution in [0.15, 0.2) is 36.5 Å². The Bertz CT molecular complexity index is 848. The van der Waals surface area contributed by atoms with Gasteiger partial charge in [0.1, 0.15) is 0 Å². The number of carboxylic acids is 1. The number of likely N-dealkylation sites (tertiary alicyclic amines) is 1. The lowest BCUT2D eigenvalue weighted by Crippen LogP contribution is -2.45. The van der Waals surface area contributed by atoms with Crippen molar-refractivity contribution in [3.05, 3.63) is 47.8 Å². The van der Waals surface area contributed by atoms with Crippen LogP contribution in [-0.2, 0) is 9.53 Å². The van der Waals surface area contributed by atoms with Gasteiger partial charge < -0.3 is 14.7 Å². The number of benzene rings is 1. The Labute approximate surface area is 151 Å². The first-order chi connectivity index (χ1) is 12.5. The molecule has 1 aromatic heterocycles. The van der Waals surface area contributed by atoms with Crippen LogP contribution in [0.25, 0.3) is 5.69 Å². The molecule has 7 heteroatoms. The lowest BCUT2D eigenvalue weighted by molar-refractivity contribution is -0.157. The van der Waals surface area contributed by atoms with Crippen LogP contribution in [0.5, 0.6) is 0 Å². The molecule has 3 heterocycles. The van der Waals surface area contributed by atoms with Crippen molar-refractivity contribution in [2.45, 2.75) is 13.3 Å². The zero-order valence-electron chi connectivity index (χ0n) is 14.6. The van der Waals surface area contributed by atoms with Crippen molar-refractivity contribution in [3.8, 4) is 5.69 Å². The fourth-order valence-corrected chi connectivity index (χ4v) is 4.07. The monoisotopic (exact) mass is 355 g/mol. The molecule has 2 aliphatic heterocycles. The molecule has 2 atom stereocenters. The second kappa shape index (κ2) is 6.25. The maximum Gasteiger partial charge on any atom is 0.311 e. The third kappa shape index (κ3) is 2.50. The summed E-state index contributed by atoms with van der Waals surface area (Å²) in [5, 5.41) is 14.1. The Morgan fingerprint density at radius 3 is 2.77 bits per heavy atom. The average molecular weight is 355 g/mol. The summed E-state index contributed by atoms with van der Waals surface area (Å²) in [5.41, 5.74) is 1.25. The largest absolute Gasteiger partial charge is 0.481 e. The van der Waals surface area contributed by atoms with Crippen LogP contribution in [0.2, 0.25) is 0 Å². The number of fused-ring (bicyclic) bond motifs is 1. The summed E-state index contributed by atoms with van der Waals surface area (Å²) in [5.74, 6) is -1.17. The molecule has 4 rings (SSSR count). The molecule has 26 heavy (non-hydrogen) atoms. The van der Waals surface area contributed by atoms with Gasteiger partial charge in [-0.1, -0.05) is 18.2 Å². The number of hydrogen-bond acceptors (Lipinski definition) is 4. The summed E-state index contributed by atoms with van der Waals surface area (Å²) in [6, 6.07) is 9.61. The van der Waals surface area contributed by atoms with Crippen molar-refractivity contribution in [1.82, 2.24) is 14.7 Å². The third-order valence-electron chi connectivity index (χ3n) is 5.66. The van der Waals surface area contributed by atoms with Crippen molar-refractivity contribution < 1.29 is 19.4 Å². The lowest BCUT2D eigenvalue weighted by Gasteiger charge is -2.33. The Balaban J connectivity index is 1.61. The number of carboxylic acid groups (broad SMARTS) is 1. The number of nitrogens with zero attached hydrogens (tertiary/aromatic N) is 3. The predicted molar refractivity (Wildman–Crippen MR) is 93.2 cm³/mol. The fraction of sp³-hybridized carbons (Fsp3) is 0.421. The number of ether oxygens (including phenoxy) is 1. The fourth-order valence-electron chi connectivity index (χ4n) is 4.07. The van der Waals surface area contributed by atoms with Crippen LogP contribution < -0.4 is 0 Å². The van der Waals surface area contributed by atoms with E-state index in [4.69, 9.17) is 4.74 Å². The first-order valence-electron chi connectivity index (χ1n) is 8.73. The number of amides is 1. The Morgan fingerprint density at radius 2 is 2.08 bits per heavy atom. The van der Waals surface area contributed by atoms with E-state index in [1.165, 1.54) is 0 Å². The molecule has 0 spiro atoms. The van der Waals surface area contributed by atoms with Crippen LogP contribution in [0.4, 0.5) is 0 Å². The first kappa shape index (κ1) is 16.8. The average Bonchev–Trinajstić information content (AvgIpc) is 3.23. The molecule has 1 amide bonds. The Morgan fingerprint density at radius 1 is 1.31 bits per heavy atom. The van der Waals surface area contributed by atoms with Crippen molar-refractivity contribution in [2.75, 3.05) is 26.3 Å². The van der Waals surface area contributed by atoms with Crippen LogP contribution in [0.1, 0.15) is 22.5 Å². The minimum atomic E-state index is -0.892. The van der Waals surface area contributed by atoms with Gasteiger partial charge in [-0.15, -0.1) is 0 Å². The molecule has 0 aliphatic carbocycles. The van der Waals surface area contributed by atoms with E-state index in [-0.39, 0.29) is 18.4 Å². The van der Waals surface area contributed by atoms with Gasteiger partial charge in [0.25, 0.3) is 5.91 Å². The molecule has 2 aliphatic rings. The highest BCUT2D eigenvalue weighted by atomic mass is 16.5. The highest BCUT2D eigenvalue weighted by Crippen LogP contribution is 2.43. The Hall–Kier alpha value is -2.67. The standard InChI is InChI=1S/C19H21N3O4/c1-13-16(9-20-22(13)15-5-3-2-4-6-15)17(23)21-10-14-11-26-8-7-19(14,12-21)18(24)25/h2-6,9,14H,7-8,10-12H2,1H3,(H,24,25)/t14-,19+/m0/s1. The maximum atomic E-state index is 13.1. The number of rotatable bonds is 3. The molecule has 2 fully saturated rings. The van der Waals surface area contributed by atoms with Crippen molar-refractivity contribution in [3.63, 3.8) is 0 Å². The molecular formula is C19H21N3O4. The van der Waals surface area contributed by atoms with Crippen molar-refractivity contribution in [1.29, 1.82) is 0 Å². The summed E-state index contributed by atoms with van der Waals surface area (Å²) in [7, 11) is 0. The topological polar surface area (TPSA) is 84.7 Å². The second-order valence-corrected chi connectivity index (χ2v) is 7.06. The van der Waals surface area contributed by atoms with Gasteiger partial charge in [-0.25, -0.2) is 4.68 Å². The van der Waals surface area contributed by atoms with E-state index in [0.29, 0.717) is 31.7 Å². The van der Waals surface area contributed by atoms with Gasteiger partial charge in [0.05, 0.1) is 35.2 Å². The molecular weight excluding hydrogens is 334 g/mol. The van der Waals surface area contributed by atoms with Gasteiger partial charge in [0.15, 0.2) is 0 Å². The minimum Gasteiger partial charge on any atom is -0.481 e. The molecule has 1 aromatic carbocycles. The Kier molecular flexibility index (Phi) is 4.03. The van der Waals surface area contributed by atoms with Crippen molar-refractivity contribution in [2.24, 2.45) is 11.3 Å². The zero-order chi connectivity index (χ0) is 18.3. The first-order valence-corrected chi connectivity index (χ1v) is 8.73. The molecule has 0 unspecified atom stereocenters. The quantitative estimate of drug-likeness (QED) is 0.907. The van der Waals surface area contributed by atoms with Crippen LogP contribution in [-0.4, -0.2) is 58.0 Å². The van der Waals surface area contributed by atoms with Crippen LogP contribution >= 0.6 is 0 Å². The summed E-state index contributed by atoms with van der Waals surface area (Å²) in [4.78, 5) is 26.6. The van der Waals surface area contributed by atoms with E-state index in [1.54, 1.807) is 15.8 Å². The SMILES string of the molecule is Cc1c(C(=O)N2C[C@H]3COCC[C@@]3(C(=O)O)C2)cnn1-c1ccccc1. The summed E-state index contributed by atoms with van der Waals surface area (Å²) < 4.78 is 7.19. The van der Waals surface area contributed by atoms with Crippen LogP contribution in [0.3, 0.4) is 0 Å². The normalized spacial score (nSPS) is 25.1. The predicted octanol–water partition coefficient (Wildman–Crippen LogP) is 1.74. The van der Waals surface area contributed by atoms with Crippen LogP contribution in [0, 0.1) is 18.3 Å². The highest BCUT2D eigenvalue weighted by molar-refractivity contribution is 5.96. The molecule has 0 bridgehead atoms. The highest BCUT2D eigenvalue weighted by Gasteiger charge is 2.55. The van der Waals surface area contributed by atoms with Gasteiger partial charge >= 0.3 is 5.97 Å². The van der Waals surface area contributed by atoms with Gasteiger partial charge in [0.2, 0.25) is 0 Å². The molecule has 2 aromatic rings. The molecule has 0 radical (unpaired) electrons. The number of aliphatic carboxylic acids is 1. The van der Waals surface area contributed by atoms with Gasteiger partial charge in [-0.05, 0) is 25.5 Å². The number of carbonyl (C=O) groups is 2. The molecule has 0 saturated carbocycles. The molecule has 136 valence electrons. The van der Waals surface area contributed by atoms with E-state index < -0.39 is 11.4 Å². The van der Waals surface area contributed by atoms with Gasteiger partial charge in [-0.3, -0.25) is 9.59 Å². The van der Waals surface area contributed by atoms with Gasteiger partial charge in [-0.2, -0.15) is 5.10 Å².